The molecule has 2 aromatic rings. The fourth-order valence-electron chi connectivity index (χ4n) is 5.45. The molecule has 0 aromatic heterocycles. The van der Waals surface area contributed by atoms with Crippen molar-refractivity contribution in [2.45, 2.75) is 57.3 Å². The van der Waals surface area contributed by atoms with E-state index >= 15 is 0 Å². The number of benzene rings is 2. The number of rotatable bonds is 10. The number of halogens is 5. The second-order valence-electron chi connectivity index (χ2n) is 10.4. The Labute approximate surface area is 241 Å². The predicted molar refractivity (Wildman–Crippen MR) is 147 cm³/mol. The lowest BCUT2D eigenvalue weighted by molar-refractivity contribution is -0.162. The molecule has 7 nitrogen and oxygen atoms in total. The molecule has 220 valence electrons. The molecule has 1 aliphatic heterocycles. The smallest absolute Gasteiger partial charge is 0.402 e. The second-order valence-corrected chi connectivity index (χ2v) is 13.3. The van der Waals surface area contributed by atoms with Gasteiger partial charge in [-0.2, -0.15) is 17.5 Å². The van der Waals surface area contributed by atoms with E-state index in [-0.39, 0.29) is 12.8 Å². The fourth-order valence-corrected chi connectivity index (χ4v) is 6.60. The van der Waals surface area contributed by atoms with Gasteiger partial charge in [-0.3, -0.25) is 9.59 Å². The maximum absolute atomic E-state index is 14.2. The van der Waals surface area contributed by atoms with Gasteiger partial charge in [-0.05, 0) is 48.2 Å². The van der Waals surface area contributed by atoms with Gasteiger partial charge in [0, 0.05) is 28.5 Å². The van der Waals surface area contributed by atoms with Gasteiger partial charge in [0.2, 0.25) is 15.9 Å². The normalized spacial score (nSPS) is 22.9. The van der Waals surface area contributed by atoms with E-state index in [4.69, 9.17) is 23.2 Å². The van der Waals surface area contributed by atoms with Crippen LogP contribution in [0.5, 0.6) is 0 Å². The minimum absolute atomic E-state index is 0.102. The molecule has 0 saturated carbocycles. The summed E-state index contributed by atoms with van der Waals surface area (Å²) in [6.07, 6.45) is -4.45. The molecule has 1 heterocycles. The molecular formula is C27H31Cl2F3N2O5S. The molecule has 1 saturated heterocycles. The van der Waals surface area contributed by atoms with Crippen molar-refractivity contribution in [1.82, 2.24) is 9.21 Å². The molecule has 1 fully saturated rings. The summed E-state index contributed by atoms with van der Waals surface area (Å²) in [7, 11) is -4.32. The van der Waals surface area contributed by atoms with Gasteiger partial charge in [-0.25, -0.2) is 8.42 Å². The molecule has 4 atom stereocenters. The number of alkyl halides is 3. The Morgan fingerprint density at radius 2 is 1.77 bits per heavy atom. The summed E-state index contributed by atoms with van der Waals surface area (Å²) < 4.78 is 65.4. The zero-order valence-corrected chi connectivity index (χ0v) is 24.5. The predicted octanol–water partition coefficient (Wildman–Crippen LogP) is 6.13. The number of carbonyl (C=O) groups is 2. The average molecular weight is 624 g/mol. The standard InChI is InChI=1S/C27H31Cl2F3N2O5S/c1-4-21(15-33(40(3,38)39)16-27(30,31)32)34-24(17-8-10-19(28)11-9-17)22(18-6-5-7-20(29)12-18)13-26(2,25(34)37)14-23(35)36/h5-12,21-22,24H,4,13-16H2,1-3H3,(H,35,36)/t21-,22+,24+,26-/m0/s1. The molecule has 0 spiro atoms. The van der Waals surface area contributed by atoms with Crippen LogP contribution in [-0.4, -0.2) is 66.2 Å². The lowest BCUT2D eigenvalue weighted by Gasteiger charge is -2.52. The van der Waals surface area contributed by atoms with Gasteiger partial charge in [0.15, 0.2) is 0 Å². The quantitative estimate of drug-likeness (QED) is 0.344. The van der Waals surface area contributed by atoms with Crippen LogP contribution < -0.4 is 0 Å². The molecule has 40 heavy (non-hydrogen) atoms. The highest BCUT2D eigenvalue weighted by atomic mass is 35.5. The highest BCUT2D eigenvalue weighted by Crippen LogP contribution is 2.52. The maximum atomic E-state index is 14.2. The van der Waals surface area contributed by atoms with Gasteiger partial charge in [0.05, 0.1) is 24.1 Å². The first-order valence-corrected chi connectivity index (χ1v) is 15.1. The zero-order chi connectivity index (χ0) is 30.0. The van der Waals surface area contributed by atoms with Gasteiger partial charge in [-0.15, -0.1) is 0 Å². The topological polar surface area (TPSA) is 95.0 Å². The third-order valence-electron chi connectivity index (χ3n) is 7.24. The number of nitrogens with zero attached hydrogens (tertiary/aromatic N) is 2. The highest BCUT2D eigenvalue weighted by molar-refractivity contribution is 7.88. The molecule has 13 heteroatoms. The van der Waals surface area contributed by atoms with E-state index in [0.29, 0.717) is 31.7 Å². The van der Waals surface area contributed by atoms with Crippen LogP contribution in [-0.2, 0) is 19.6 Å². The van der Waals surface area contributed by atoms with Crippen LogP contribution in [0.25, 0.3) is 0 Å². The van der Waals surface area contributed by atoms with Crippen molar-refractivity contribution >= 4 is 45.1 Å². The number of hydrogen-bond acceptors (Lipinski definition) is 4. The summed E-state index contributed by atoms with van der Waals surface area (Å²) in [5.41, 5.74) is -0.123. The summed E-state index contributed by atoms with van der Waals surface area (Å²) in [6, 6.07) is 11.7. The number of aliphatic carboxylic acids is 1. The minimum atomic E-state index is -4.82. The van der Waals surface area contributed by atoms with Gasteiger partial charge in [0.1, 0.15) is 6.54 Å². The van der Waals surface area contributed by atoms with Crippen molar-refractivity contribution in [3.05, 3.63) is 69.7 Å². The molecule has 1 N–H and O–H groups in total. The first kappa shape index (κ1) is 32.2. The van der Waals surface area contributed by atoms with E-state index in [1.807, 2.05) is 0 Å². The number of likely N-dealkylation sites (tertiary alicyclic amines) is 1. The van der Waals surface area contributed by atoms with Gasteiger partial charge in [-0.1, -0.05) is 61.3 Å². The third kappa shape index (κ3) is 7.69. The Bertz CT molecular complexity index is 1340. The van der Waals surface area contributed by atoms with E-state index in [1.165, 1.54) is 11.8 Å². The molecule has 0 unspecified atom stereocenters. The number of carboxylic acids is 1. The van der Waals surface area contributed by atoms with E-state index in [9.17, 15) is 36.3 Å². The van der Waals surface area contributed by atoms with Crippen molar-refractivity contribution in [3.8, 4) is 0 Å². The summed E-state index contributed by atoms with van der Waals surface area (Å²) in [6.45, 7) is 0.807. The molecule has 3 rings (SSSR count). The largest absolute Gasteiger partial charge is 0.481 e. The van der Waals surface area contributed by atoms with Crippen molar-refractivity contribution in [2.75, 3.05) is 19.3 Å². The number of piperidine rings is 1. The Hall–Kier alpha value is -2.34. The summed E-state index contributed by atoms with van der Waals surface area (Å²) in [5.74, 6) is -2.32. The number of carboxylic acid groups (broad SMARTS) is 1. The highest BCUT2D eigenvalue weighted by Gasteiger charge is 2.53. The van der Waals surface area contributed by atoms with Crippen LogP contribution in [0.1, 0.15) is 56.2 Å². The Morgan fingerprint density at radius 1 is 1.15 bits per heavy atom. The lowest BCUT2D eigenvalue weighted by atomic mass is 9.67. The minimum Gasteiger partial charge on any atom is -0.481 e. The SMILES string of the molecule is CC[C@@H](CN(CC(F)(F)F)S(C)(=O)=O)N1C(=O)[C@](C)(CC(=O)O)C[C@H](c2cccc(Cl)c2)[C@H]1c1ccc(Cl)cc1. The maximum Gasteiger partial charge on any atom is 0.402 e. The first-order chi connectivity index (χ1) is 18.4. The van der Waals surface area contributed by atoms with E-state index < -0.39 is 71.0 Å². The van der Waals surface area contributed by atoms with E-state index in [2.05, 4.69) is 0 Å². The number of amides is 1. The third-order valence-corrected chi connectivity index (χ3v) is 8.94. The van der Waals surface area contributed by atoms with Crippen molar-refractivity contribution in [1.29, 1.82) is 0 Å². The molecule has 2 aromatic carbocycles. The van der Waals surface area contributed by atoms with E-state index in [0.717, 1.165) is 0 Å². The Morgan fingerprint density at radius 3 is 2.27 bits per heavy atom. The van der Waals surface area contributed by atoms with Crippen LogP contribution in [0.4, 0.5) is 13.2 Å². The molecular weight excluding hydrogens is 592 g/mol. The Balaban J connectivity index is 2.25. The molecule has 0 aliphatic carbocycles. The van der Waals surface area contributed by atoms with Crippen LogP contribution in [0.2, 0.25) is 10.0 Å². The number of hydrogen-bond donors (Lipinski definition) is 1. The lowest BCUT2D eigenvalue weighted by Crippen LogP contribution is -2.59. The van der Waals surface area contributed by atoms with Gasteiger partial charge in [0.25, 0.3) is 0 Å². The molecule has 1 amide bonds. The van der Waals surface area contributed by atoms with Crippen LogP contribution >= 0.6 is 23.2 Å². The van der Waals surface area contributed by atoms with Crippen molar-refractivity contribution in [3.63, 3.8) is 0 Å². The summed E-state index contributed by atoms with van der Waals surface area (Å²) in [5, 5.41) is 10.5. The summed E-state index contributed by atoms with van der Waals surface area (Å²) in [4.78, 5) is 27.5. The van der Waals surface area contributed by atoms with E-state index in [1.54, 1.807) is 55.5 Å². The van der Waals surface area contributed by atoms with Crippen molar-refractivity contribution in [2.24, 2.45) is 5.41 Å². The second kappa shape index (κ2) is 12.3. The zero-order valence-electron chi connectivity index (χ0n) is 22.2. The van der Waals surface area contributed by atoms with Crippen LogP contribution in [0, 0.1) is 5.41 Å². The molecule has 0 bridgehead atoms. The van der Waals surface area contributed by atoms with Crippen LogP contribution in [0.15, 0.2) is 48.5 Å². The Kier molecular flexibility index (Phi) is 9.86. The average Bonchev–Trinajstić information content (AvgIpc) is 2.82. The fraction of sp³-hybridized carbons (Fsp3) is 0.481. The number of carbonyl (C=O) groups excluding carboxylic acids is 1. The van der Waals surface area contributed by atoms with Crippen LogP contribution in [0.3, 0.4) is 0 Å². The molecule has 1 aliphatic rings. The van der Waals surface area contributed by atoms with Crippen molar-refractivity contribution < 1.29 is 36.3 Å². The van der Waals surface area contributed by atoms with Gasteiger partial charge >= 0.3 is 12.1 Å². The first-order valence-electron chi connectivity index (χ1n) is 12.5. The summed E-state index contributed by atoms with van der Waals surface area (Å²) >= 11 is 12.4. The molecule has 0 radical (unpaired) electrons. The van der Waals surface area contributed by atoms with Gasteiger partial charge < -0.3 is 10.0 Å². The number of sulfonamides is 1. The monoisotopic (exact) mass is 622 g/mol.